The largest absolute Gasteiger partial charge is 0.487 e. The molecule has 0 spiro atoms. The van der Waals surface area contributed by atoms with Crippen molar-refractivity contribution in [2.24, 2.45) is 0 Å². The van der Waals surface area contributed by atoms with Gasteiger partial charge in [-0.25, -0.2) is 9.78 Å². The van der Waals surface area contributed by atoms with Gasteiger partial charge in [-0.2, -0.15) is 0 Å². The van der Waals surface area contributed by atoms with Crippen molar-refractivity contribution in [3.63, 3.8) is 0 Å². The maximum Gasteiger partial charge on any atom is 0.339 e. The van der Waals surface area contributed by atoms with Gasteiger partial charge in [-0.15, -0.1) is 11.3 Å². The number of amides is 1. The van der Waals surface area contributed by atoms with Crippen LogP contribution in [0.4, 0.5) is 5.00 Å². The van der Waals surface area contributed by atoms with Gasteiger partial charge in [0, 0.05) is 0 Å². The molecule has 1 aliphatic rings. The first-order valence-electron chi connectivity index (χ1n) is 10.6. The number of pyridine rings is 1. The molecule has 7 heteroatoms. The number of rotatable bonds is 5. The van der Waals surface area contributed by atoms with Crippen LogP contribution in [0.2, 0.25) is 0 Å². The first kappa shape index (κ1) is 22.0. The van der Waals surface area contributed by atoms with Crippen LogP contribution in [-0.2, 0) is 12.8 Å². The number of benzene rings is 1. The molecule has 1 aromatic carbocycles. The fourth-order valence-electron chi connectivity index (χ4n) is 4.04. The molecular formula is C25H26N2O4S. The van der Waals surface area contributed by atoms with Gasteiger partial charge in [0.15, 0.2) is 0 Å². The number of carbonyl (C=O) groups excluding carboxylic acids is 1. The van der Waals surface area contributed by atoms with E-state index in [-0.39, 0.29) is 22.8 Å². The lowest BCUT2D eigenvalue weighted by atomic mass is 9.80. The molecule has 1 amide bonds. The normalized spacial score (nSPS) is 15.7. The third-order valence-corrected chi connectivity index (χ3v) is 6.35. The topological polar surface area (TPSA) is 88.5 Å². The smallest absolute Gasteiger partial charge is 0.339 e. The summed E-state index contributed by atoms with van der Waals surface area (Å²) in [5, 5.41) is 14.9. The van der Waals surface area contributed by atoms with E-state index >= 15 is 0 Å². The third kappa shape index (κ3) is 4.83. The summed E-state index contributed by atoms with van der Waals surface area (Å²) in [5.41, 5.74) is 3.39. The molecule has 4 rings (SSSR count). The molecule has 6 nitrogen and oxygen atoms in total. The summed E-state index contributed by atoms with van der Waals surface area (Å²) in [4.78, 5) is 29.0. The van der Waals surface area contributed by atoms with Gasteiger partial charge in [-0.3, -0.25) is 4.79 Å². The number of hydrogen-bond acceptors (Lipinski definition) is 5. The lowest BCUT2D eigenvalue weighted by molar-refractivity contribution is 0.0696. The van der Waals surface area contributed by atoms with Crippen molar-refractivity contribution < 1.29 is 19.4 Å². The van der Waals surface area contributed by atoms with E-state index in [2.05, 4.69) is 22.4 Å². The summed E-state index contributed by atoms with van der Waals surface area (Å²) in [7, 11) is 0. The van der Waals surface area contributed by atoms with Crippen LogP contribution in [0.1, 0.15) is 70.6 Å². The molecule has 1 atom stereocenters. The lowest BCUT2D eigenvalue weighted by Gasteiger charge is -2.24. The quantitative estimate of drug-likeness (QED) is 0.533. The van der Waals surface area contributed by atoms with Gasteiger partial charge in [0.1, 0.15) is 22.0 Å². The van der Waals surface area contributed by atoms with E-state index in [9.17, 15) is 14.7 Å². The molecule has 0 saturated carbocycles. The van der Waals surface area contributed by atoms with Crippen LogP contribution in [-0.4, -0.2) is 27.6 Å². The number of nitrogens with zero attached hydrogens (tertiary/aromatic N) is 1. The van der Waals surface area contributed by atoms with E-state index < -0.39 is 11.9 Å². The van der Waals surface area contributed by atoms with Gasteiger partial charge in [-0.05, 0) is 80.2 Å². The minimum Gasteiger partial charge on any atom is -0.487 e. The zero-order valence-electron chi connectivity index (χ0n) is 18.3. The zero-order valence-corrected chi connectivity index (χ0v) is 19.2. The molecule has 2 aromatic heterocycles. The highest BCUT2D eigenvalue weighted by atomic mass is 32.1. The van der Waals surface area contributed by atoms with Crippen molar-refractivity contribution in [2.75, 3.05) is 5.32 Å². The number of aromatic carboxylic acids is 1. The first-order valence-corrected chi connectivity index (χ1v) is 11.5. The maximum absolute atomic E-state index is 12.7. The van der Waals surface area contributed by atoms with Gasteiger partial charge in [0.2, 0.25) is 0 Å². The van der Waals surface area contributed by atoms with Crippen molar-refractivity contribution in [3.8, 4) is 5.75 Å². The molecule has 166 valence electrons. The number of fused-ring (bicyclic) bond motifs is 1. The summed E-state index contributed by atoms with van der Waals surface area (Å²) >= 11 is 1.25. The lowest BCUT2D eigenvalue weighted by Crippen LogP contribution is -2.23. The highest BCUT2D eigenvalue weighted by Gasteiger charge is 2.28. The second-order valence-corrected chi connectivity index (χ2v) is 9.84. The Bertz CT molecular complexity index is 1150. The van der Waals surface area contributed by atoms with E-state index in [1.165, 1.54) is 28.7 Å². The summed E-state index contributed by atoms with van der Waals surface area (Å²) < 4.78 is 5.73. The Morgan fingerprint density at radius 3 is 2.56 bits per heavy atom. The summed E-state index contributed by atoms with van der Waals surface area (Å²) in [5.74, 6) is -0.796. The van der Waals surface area contributed by atoms with E-state index in [0.29, 0.717) is 10.8 Å². The highest BCUT2D eigenvalue weighted by Crippen LogP contribution is 2.39. The van der Waals surface area contributed by atoms with Gasteiger partial charge in [-0.1, -0.05) is 24.3 Å². The Morgan fingerprint density at radius 2 is 1.91 bits per heavy atom. The van der Waals surface area contributed by atoms with Crippen LogP contribution in [0, 0.1) is 0 Å². The molecule has 0 fully saturated rings. The third-order valence-electron chi connectivity index (χ3n) is 5.44. The van der Waals surface area contributed by atoms with Gasteiger partial charge < -0.3 is 15.2 Å². The number of thiophene rings is 1. The monoisotopic (exact) mass is 450 g/mol. The van der Waals surface area contributed by atoms with Crippen LogP contribution >= 0.6 is 11.3 Å². The van der Waals surface area contributed by atoms with E-state index in [0.717, 1.165) is 24.8 Å². The van der Waals surface area contributed by atoms with Crippen molar-refractivity contribution >= 4 is 28.2 Å². The average Bonchev–Trinajstić information content (AvgIpc) is 3.16. The predicted octanol–water partition coefficient (Wildman–Crippen LogP) is 5.54. The molecule has 1 unspecified atom stereocenters. The zero-order chi connectivity index (χ0) is 22.9. The molecule has 1 aliphatic carbocycles. The van der Waals surface area contributed by atoms with Crippen LogP contribution in [0.25, 0.3) is 0 Å². The number of nitrogens with one attached hydrogen (secondary N) is 1. The Balaban J connectivity index is 1.53. The first-order chi connectivity index (χ1) is 15.2. The molecule has 0 aliphatic heterocycles. The fraction of sp³-hybridized carbons (Fsp3) is 0.320. The van der Waals surface area contributed by atoms with E-state index in [4.69, 9.17) is 4.74 Å². The van der Waals surface area contributed by atoms with Crippen LogP contribution in [0.3, 0.4) is 0 Å². The van der Waals surface area contributed by atoms with Gasteiger partial charge in [0.05, 0.1) is 11.8 Å². The number of carbonyl (C=O) groups is 2. The molecule has 0 bridgehead atoms. The number of aromatic nitrogens is 1. The molecule has 0 radical (unpaired) electrons. The SMILES string of the molecule is CC(C)(C)Oc1ccc(C(=O)Nc2scc(C3CCc4ccccc4C3)c2C(=O)O)nc1. The van der Waals surface area contributed by atoms with Gasteiger partial charge in [0.25, 0.3) is 5.91 Å². The molecule has 32 heavy (non-hydrogen) atoms. The fourth-order valence-corrected chi connectivity index (χ4v) is 5.07. The summed E-state index contributed by atoms with van der Waals surface area (Å²) in [6, 6.07) is 11.6. The minimum atomic E-state index is -1.03. The number of hydrogen-bond donors (Lipinski definition) is 2. The van der Waals surface area contributed by atoms with Crippen molar-refractivity contribution in [1.29, 1.82) is 0 Å². The Hall–Kier alpha value is -3.19. The number of carboxylic acid groups (broad SMARTS) is 1. The number of carboxylic acids is 1. The minimum absolute atomic E-state index is 0.116. The summed E-state index contributed by atoms with van der Waals surface area (Å²) in [6.07, 6.45) is 4.11. The van der Waals surface area contributed by atoms with Crippen LogP contribution < -0.4 is 10.1 Å². The molecule has 3 aromatic rings. The number of anilines is 1. The second-order valence-electron chi connectivity index (χ2n) is 8.96. The Morgan fingerprint density at radius 1 is 1.16 bits per heavy atom. The molecule has 2 heterocycles. The Kier molecular flexibility index (Phi) is 6.02. The molecular weight excluding hydrogens is 424 g/mol. The standard InChI is InChI=1S/C25H26N2O4S/c1-25(2,3)31-18-10-11-20(26-13-18)22(28)27-23-21(24(29)30)19(14-32-23)17-9-8-15-6-4-5-7-16(15)12-17/h4-7,10-11,13-14,17H,8-9,12H2,1-3H3,(H,27,28)(H,29,30). The average molecular weight is 451 g/mol. The molecule has 2 N–H and O–H groups in total. The highest BCUT2D eigenvalue weighted by molar-refractivity contribution is 7.15. The van der Waals surface area contributed by atoms with Crippen molar-refractivity contribution in [1.82, 2.24) is 4.98 Å². The number of ether oxygens (including phenoxy) is 1. The maximum atomic E-state index is 12.7. The van der Waals surface area contributed by atoms with Crippen LogP contribution in [0.5, 0.6) is 5.75 Å². The van der Waals surface area contributed by atoms with Gasteiger partial charge >= 0.3 is 5.97 Å². The van der Waals surface area contributed by atoms with Crippen molar-refractivity contribution in [2.45, 2.75) is 51.6 Å². The van der Waals surface area contributed by atoms with Crippen LogP contribution in [0.15, 0.2) is 48.0 Å². The Labute approximate surface area is 191 Å². The second kappa shape index (κ2) is 8.74. The number of aryl methyl sites for hydroxylation is 1. The van der Waals surface area contributed by atoms with E-state index in [1.54, 1.807) is 12.1 Å². The van der Waals surface area contributed by atoms with E-state index in [1.807, 2.05) is 38.3 Å². The molecule has 0 saturated heterocycles. The summed E-state index contributed by atoms with van der Waals surface area (Å²) in [6.45, 7) is 5.79. The van der Waals surface area contributed by atoms with Crippen molar-refractivity contribution in [3.05, 3.63) is 75.9 Å². The predicted molar refractivity (Wildman–Crippen MR) is 125 cm³/mol.